The molecule has 6 nitrogen and oxygen atoms in total. The maximum atomic E-state index is 13.3. The average molecular weight is 381 g/mol. The molecule has 0 aliphatic carbocycles. The summed E-state index contributed by atoms with van der Waals surface area (Å²) in [6.07, 6.45) is 0. The van der Waals surface area contributed by atoms with Gasteiger partial charge in [-0.3, -0.25) is 9.59 Å². The normalized spacial score (nSPS) is 10.5. The quantitative estimate of drug-likeness (QED) is 0.658. The van der Waals surface area contributed by atoms with Crippen LogP contribution in [0.4, 0.5) is 4.39 Å². The van der Waals surface area contributed by atoms with Gasteiger partial charge in [-0.1, -0.05) is 30.3 Å². The van der Waals surface area contributed by atoms with Crippen molar-refractivity contribution in [3.8, 4) is 11.6 Å². The predicted octanol–water partition coefficient (Wildman–Crippen LogP) is 3.04. The molecule has 2 aromatic carbocycles. The highest BCUT2D eigenvalue weighted by molar-refractivity contribution is 5.91. The van der Waals surface area contributed by atoms with E-state index in [0.29, 0.717) is 18.8 Å². The molecule has 144 valence electrons. The molecule has 28 heavy (non-hydrogen) atoms. The van der Waals surface area contributed by atoms with Crippen molar-refractivity contribution in [2.45, 2.75) is 13.5 Å². The second-order valence-corrected chi connectivity index (χ2v) is 6.16. The molecule has 0 aliphatic rings. The van der Waals surface area contributed by atoms with E-state index in [1.165, 1.54) is 39.9 Å². The zero-order valence-corrected chi connectivity index (χ0v) is 15.6. The molecule has 7 heteroatoms. The summed E-state index contributed by atoms with van der Waals surface area (Å²) in [5.41, 5.74) is 0.644. The van der Waals surface area contributed by atoms with E-state index in [2.05, 4.69) is 5.10 Å². The number of benzene rings is 2. The van der Waals surface area contributed by atoms with Crippen LogP contribution in [0, 0.1) is 5.82 Å². The van der Waals surface area contributed by atoms with Crippen LogP contribution in [0.1, 0.15) is 23.0 Å². The van der Waals surface area contributed by atoms with E-state index in [4.69, 9.17) is 4.74 Å². The number of halogens is 1. The van der Waals surface area contributed by atoms with Crippen molar-refractivity contribution in [2.75, 3.05) is 13.7 Å². The summed E-state index contributed by atoms with van der Waals surface area (Å²) in [6, 6.07) is 16.2. The van der Waals surface area contributed by atoms with Crippen LogP contribution in [-0.4, -0.2) is 34.2 Å². The van der Waals surface area contributed by atoms with Crippen LogP contribution in [0.25, 0.3) is 5.69 Å². The van der Waals surface area contributed by atoms with Crippen LogP contribution in [0.5, 0.6) is 5.88 Å². The Morgan fingerprint density at radius 1 is 1.14 bits per heavy atom. The molecular formula is C21H20FN3O3. The average Bonchev–Trinajstić information content (AvgIpc) is 2.69. The zero-order valence-electron chi connectivity index (χ0n) is 15.6. The minimum atomic E-state index is -0.535. The number of hydrogen-bond donors (Lipinski definition) is 0. The number of aromatic nitrogens is 2. The van der Waals surface area contributed by atoms with E-state index < -0.39 is 17.2 Å². The molecule has 3 rings (SSSR count). The van der Waals surface area contributed by atoms with Crippen LogP contribution in [0.15, 0.2) is 65.5 Å². The van der Waals surface area contributed by atoms with Crippen LogP contribution in [-0.2, 0) is 6.54 Å². The van der Waals surface area contributed by atoms with E-state index in [0.717, 1.165) is 5.56 Å². The lowest BCUT2D eigenvalue weighted by molar-refractivity contribution is 0.0775. The second kappa shape index (κ2) is 8.47. The molecule has 0 spiro atoms. The molecular weight excluding hydrogens is 361 g/mol. The summed E-state index contributed by atoms with van der Waals surface area (Å²) in [4.78, 5) is 26.7. The second-order valence-electron chi connectivity index (χ2n) is 6.16. The third kappa shape index (κ3) is 4.25. The number of nitrogens with zero attached hydrogens (tertiary/aromatic N) is 3. The molecule has 3 aromatic rings. The summed E-state index contributed by atoms with van der Waals surface area (Å²) in [5, 5.41) is 4.22. The lowest BCUT2D eigenvalue weighted by Gasteiger charge is -2.18. The summed E-state index contributed by atoms with van der Waals surface area (Å²) in [5.74, 6) is -0.726. The van der Waals surface area contributed by atoms with E-state index >= 15 is 0 Å². The first-order valence-electron chi connectivity index (χ1n) is 8.82. The van der Waals surface area contributed by atoms with Gasteiger partial charge < -0.3 is 9.64 Å². The van der Waals surface area contributed by atoms with E-state index in [9.17, 15) is 14.0 Å². The van der Waals surface area contributed by atoms with Gasteiger partial charge in [0.1, 0.15) is 5.82 Å². The van der Waals surface area contributed by atoms with Crippen molar-refractivity contribution in [1.29, 1.82) is 0 Å². The van der Waals surface area contributed by atoms with Crippen LogP contribution < -0.4 is 10.2 Å². The fourth-order valence-corrected chi connectivity index (χ4v) is 2.72. The van der Waals surface area contributed by atoms with Crippen molar-refractivity contribution in [2.24, 2.45) is 0 Å². The molecule has 0 saturated carbocycles. The van der Waals surface area contributed by atoms with Crippen molar-refractivity contribution >= 4 is 5.91 Å². The van der Waals surface area contributed by atoms with Gasteiger partial charge in [-0.2, -0.15) is 5.10 Å². The standard InChI is InChI=1S/C21H20FN3O3/c1-3-28-19-13-18(26)20(23-25(19)17-11-9-16(22)10-12-17)21(27)24(2)14-15-7-5-4-6-8-15/h4-13H,3,14H2,1-2H3. The summed E-state index contributed by atoms with van der Waals surface area (Å²) in [6.45, 7) is 2.42. The minimum absolute atomic E-state index is 0.182. The maximum Gasteiger partial charge on any atom is 0.278 e. The molecule has 0 radical (unpaired) electrons. The van der Waals surface area contributed by atoms with Crippen LogP contribution in [0.3, 0.4) is 0 Å². The number of carbonyl (C=O) groups is 1. The molecule has 0 aliphatic heterocycles. The fourth-order valence-electron chi connectivity index (χ4n) is 2.72. The molecule has 0 bridgehead atoms. The van der Waals surface area contributed by atoms with Crippen molar-refractivity contribution < 1.29 is 13.9 Å². The Hall–Kier alpha value is -3.48. The van der Waals surface area contributed by atoms with Gasteiger partial charge in [0, 0.05) is 13.6 Å². The molecule has 0 atom stereocenters. The Morgan fingerprint density at radius 3 is 2.46 bits per heavy atom. The Bertz CT molecular complexity index is 1020. The topological polar surface area (TPSA) is 64.4 Å². The van der Waals surface area contributed by atoms with Gasteiger partial charge in [0.2, 0.25) is 11.3 Å². The Kier molecular flexibility index (Phi) is 5.84. The van der Waals surface area contributed by atoms with Crippen molar-refractivity contribution in [3.05, 3.63) is 88.0 Å². The van der Waals surface area contributed by atoms with Crippen molar-refractivity contribution in [1.82, 2.24) is 14.7 Å². The first-order valence-corrected chi connectivity index (χ1v) is 8.82. The predicted molar refractivity (Wildman–Crippen MR) is 103 cm³/mol. The lowest BCUT2D eigenvalue weighted by atomic mass is 10.2. The van der Waals surface area contributed by atoms with Gasteiger partial charge in [0.25, 0.3) is 5.91 Å². The first kappa shape index (κ1) is 19.3. The Labute approximate surface area is 161 Å². The minimum Gasteiger partial charge on any atom is -0.478 e. The third-order valence-electron chi connectivity index (χ3n) is 4.07. The van der Waals surface area contributed by atoms with E-state index in [1.807, 2.05) is 30.3 Å². The number of hydrogen-bond acceptors (Lipinski definition) is 4. The molecule has 0 N–H and O–H groups in total. The Balaban J connectivity index is 1.98. The van der Waals surface area contributed by atoms with Crippen molar-refractivity contribution in [3.63, 3.8) is 0 Å². The lowest BCUT2D eigenvalue weighted by Crippen LogP contribution is -2.33. The smallest absolute Gasteiger partial charge is 0.278 e. The van der Waals surface area contributed by atoms with Gasteiger partial charge in [-0.25, -0.2) is 9.07 Å². The molecule has 0 saturated heterocycles. The summed E-state index contributed by atoms with van der Waals surface area (Å²) < 4.78 is 20.1. The van der Waals surface area contributed by atoms with Crippen LogP contribution >= 0.6 is 0 Å². The zero-order chi connectivity index (χ0) is 20.1. The number of amides is 1. The number of rotatable bonds is 6. The third-order valence-corrected chi connectivity index (χ3v) is 4.07. The monoisotopic (exact) mass is 381 g/mol. The van der Waals surface area contributed by atoms with Gasteiger partial charge in [-0.05, 0) is 36.8 Å². The van der Waals surface area contributed by atoms with Gasteiger partial charge in [-0.15, -0.1) is 0 Å². The highest BCUT2D eigenvalue weighted by atomic mass is 19.1. The highest BCUT2D eigenvalue weighted by Gasteiger charge is 2.21. The maximum absolute atomic E-state index is 13.3. The SMILES string of the molecule is CCOc1cc(=O)c(C(=O)N(C)Cc2ccccc2)nn1-c1ccc(F)cc1. The molecule has 0 unspecified atom stereocenters. The van der Waals surface area contributed by atoms with E-state index in [-0.39, 0.29) is 11.6 Å². The summed E-state index contributed by atoms with van der Waals surface area (Å²) >= 11 is 0. The summed E-state index contributed by atoms with van der Waals surface area (Å²) in [7, 11) is 1.61. The number of carbonyl (C=O) groups excluding carboxylic acids is 1. The molecule has 1 aromatic heterocycles. The highest BCUT2D eigenvalue weighted by Crippen LogP contribution is 2.16. The fraction of sp³-hybridized carbons (Fsp3) is 0.190. The van der Waals surface area contributed by atoms with Gasteiger partial charge >= 0.3 is 0 Å². The molecule has 1 amide bonds. The first-order chi connectivity index (χ1) is 13.5. The number of ether oxygens (including phenoxy) is 1. The van der Waals surface area contributed by atoms with Gasteiger partial charge in [0.05, 0.1) is 18.4 Å². The Morgan fingerprint density at radius 2 is 1.82 bits per heavy atom. The molecule has 1 heterocycles. The largest absolute Gasteiger partial charge is 0.478 e. The van der Waals surface area contributed by atoms with E-state index in [1.54, 1.807) is 14.0 Å². The van der Waals surface area contributed by atoms with Crippen LogP contribution in [0.2, 0.25) is 0 Å². The molecule has 0 fully saturated rings. The van der Waals surface area contributed by atoms with Gasteiger partial charge in [0.15, 0.2) is 5.69 Å².